The fourth-order valence-corrected chi connectivity index (χ4v) is 1.35. The summed E-state index contributed by atoms with van der Waals surface area (Å²) in [5.74, 6) is -1.03. The molecule has 0 aliphatic carbocycles. The molecule has 0 aliphatic heterocycles. The van der Waals surface area contributed by atoms with Crippen LogP contribution in [0.3, 0.4) is 0 Å². The molecule has 0 fully saturated rings. The van der Waals surface area contributed by atoms with Gasteiger partial charge in [0, 0.05) is 20.6 Å². The van der Waals surface area contributed by atoms with Gasteiger partial charge < -0.3 is 19.3 Å². The molecule has 0 aromatic heterocycles. The standard InChI is InChI=1S/C12H22O6/c1-12(2,3)18-10(15)7-8(13)6-9(14)11(16-4)17-5/h9,11,14H,6-7H2,1-5H3. The van der Waals surface area contributed by atoms with Gasteiger partial charge in [-0.05, 0) is 20.8 Å². The minimum atomic E-state index is -1.10. The van der Waals surface area contributed by atoms with Gasteiger partial charge in [0.15, 0.2) is 6.29 Å². The molecule has 0 bridgehead atoms. The van der Waals surface area contributed by atoms with E-state index in [1.165, 1.54) is 14.2 Å². The highest BCUT2D eigenvalue weighted by molar-refractivity contribution is 5.95. The monoisotopic (exact) mass is 262 g/mol. The molecule has 18 heavy (non-hydrogen) atoms. The quantitative estimate of drug-likeness (QED) is 0.412. The molecule has 0 heterocycles. The fourth-order valence-electron chi connectivity index (χ4n) is 1.35. The highest BCUT2D eigenvalue weighted by Gasteiger charge is 2.24. The van der Waals surface area contributed by atoms with E-state index in [0.29, 0.717) is 0 Å². The Balaban J connectivity index is 4.15. The number of aliphatic hydroxyl groups excluding tert-OH is 1. The molecular formula is C12H22O6. The number of carbonyl (C=O) groups is 2. The number of ketones is 1. The summed E-state index contributed by atoms with van der Waals surface area (Å²) in [4.78, 5) is 22.9. The number of ether oxygens (including phenoxy) is 3. The van der Waals surface area contributed by atoms with Crippen molar-refractivity contribution in [3.8, 4) is 0 Å². The number of rotatable bonds is 7. The van der Waals surface area contributed by atoms with Crippen molar-refractivity contribution in [3.63, 3.8) is 0 Å². The third-order valence-corrected chi connectivity index (χ3v) is 1.98. The van der Waals surface area contributed by atoms with Gasteiger partial charge in [0.25, 0.3) is 0 Å². The van der Waals surface area contributed by atoms with Crippen molar-refractivity contribution >= 4 is 11.8 Å². The number of aliphatic hydroxyl groups is 1. The van der Waals surface area contributed by atoms with E-state index in [-0.39, 0.29) is 12.8 Å². The zero-order chi connectivity index (χ0) is 14.3. The second kappa shape index (κ2) is 7.45. The van der Waals surface area contributed by atoms with Gasteiger partial charge in [-0.1, -0.05) is 0 Å². The van der Waals surface area contributed by atoms with Crippen molar-refractivity contribution in [3.05, 3.63) is 0 Å². The first-order valence-corrected chi connectivity index (χ1v) is 5.66. The van der Waals surface area contributed by atoms with Gasteiger partial charge in [0.05, 0.1) is 0 Å². The van der Waals surface area contributed by atoms with Crippen LogP contribution in [-0.2, 0) is 23.8 Å². The van der Waals surface area contributed by atoms with Crippen LogP contribution >= 0.6 is 0 Å². The van der Waals surface area contributed by atoms with Gasteiger partial charge in [-0.2, -0.15) is 0 Å². The van der Waals surface area contributed by atoms with E-state index in [0.717, 1.165) is 0 Å². The molecule has 0 radical (unpaired) electrons. The number of hydrogen-bond donors (Lipinski definition) is 1. The molecule has 6 heteroatoms. The molecule has 0 saturated heterocycles. The fraction of sp³-hybridized carbons (Fsp3) is 0.833. The predicted octanol–water partition coefficient (Wildman–Crippen LogP) is 0.657. The second-order valence-corrected chi connectivity index (χ2v) is 4.91. The summed E-state index contributed by atoms with van der Waals surface area (Å²) < 4.78 is 14.6. The number of methoxy groups -OCH3 is 2. The van der Waals surface area contributed by atoms with Crippen LogP contribution in [0.4, 0.5) is 0 Å². The summed E-state index contributed by atoms with van der Waals surface area (Å²) in [6, 6.07) is 0. The van der Waals surface area contributed by atoms with Crippen LogP contribution < -0.4 is 0 Å². The molecule has 0 aromatic rings. The molecule has 0 rings (SSSR count). The lowest BCUT2D eigenvalue weighted by Crippen LogP contribution is -2.33. The Labute approximate surface area is 107 Å². The summed E-state index contributed by atoms with van der Waals surface area (Å²) in [6.07, 6.45) is -2.57. The molecular weight excluding hydrogens is 240 g/mol. The number of esters is 1. The highest BCUT2D eigenvalue weighted by Crippen LogP contribution is 2.10. The lowest BCUT2D eigenvalue weighted by Gasteiger charge is -2.20. The first-order valence-electron chi connectivity index (χ1n) is 5.66. The summed E-state index contributed by atoms with van der Waals surface area (Å²) in [5.41, 5.74) is -0.627. The normalized spacial score (nSPS) is 13.5. The molecule has 1 unspecified atom stereocenters. The molecule has 0 saturated carbocycles. The van der Waals surface area contributed by atoms with Crippen LogP contribution in [0, 0.1) is 0 Å². The van der Waals surface area contributed by atoms with Gasteiger partial charge in [0.2, 0.25) is 0 Å². The Bertz CT molecular complexity index is 277. The molecule has 106 valence electrons. The lowest BCUT2D eigenvalue weighted by atomic mass is 10.1. The topological polar surface area (TPSA) is 82.1 Å². The summed E-state index contributed by atoms with van der Waals surface area (Å²) in [5, 5.41) is 9.60. The minimum Gasteiger partial charge on any atom is -0.460 e. The predicted molar refractivity (Wildman–Crippen MR) is 63.9 cm³/mol. The number of Topliss-reactive ketones (excluding diaryl/α,β-unsaturated/α-hetero) is 1. The van der Waals surface area contributed by atoms with E-state index in [1.54, 1.807) is 20.8 Å². The van der Waals surface area contributed by atoms with Crippen LogP contribution in [-0.4, -0.2) is 49.1 Å². The van der Waals surface area contributed by atoms with Gasteiger partial charge in [-0.25, -0.2) is 0 Å². The Kier molecular flexibility index (Phi) is 7.05. The molecule has 1 atom stereocenters. The van der Waals surface area contributed by atoms with Crippen molar-refractivity contribution in [2.75, 3.05) is 14.2 Å². The van der Waals surface area contributed by atoms with E-state index < -0.39 is 29.7 Å². The van der Waals surface area contributed by atoms with Crippen molar-refractivity contribution < 1.29 is 28.9 Å². The average molecular weight is 262 g/mol. The van der Waals surface area contributed by atoms with Crippen LogP contribution in [0.15, 0.2) is 0 Å². The maximum atomic E-state index is 11.5. The Hall–Kier alpha value is -0.980. The largest absolute Gasteiger partial charge is 0.460 e. The van der Waals surface area contributed by atoms with Crippen LogP contribution in [0.5, 0.6) is 0 Å². The third kappa shape index (κ3) is 7.37. The number of carbonyl (C=O) groups excluding carboxylic acids is 2. The van der Waals surface area contributed by atoms with Gasteiger partial charge >= 0.3 is 5.97 Å². The Morgan fingerprint density at radius 3 is 2.06 bits per heavy atom. The lowest BCUT2D eigenvalue weighted by molar-refractivity contribution is -0.170. The molecule has 6 nitrogen and oxygen atoms in total. The van der Waals surface area contributed by atoms with Crippen LogP contribution in [0.1, 0.15) is 33.6 Å². The maximum absolute atomic E-state index is 11.5. The first-order chi connectivity index (χ1) is 8.19. The summed E-state index contributed by atoms with van der Waals surface area (Å²) in [6.45, 7) is 5.16. The second-order valence-electron chi connectivity index (χ2n) is 4.91. The van der Waals surface area contributed by atoms with Gasteiger partial charge in [-0.3, -0.25) is 9.59 Å². The highest BCUT2D eigenvalue weighted by atomic mass is 16.7. The van der Waals surface area contributed by atoms with E-state index in [1.807, 2.05) is 0 Å². The molecule has 0 aliphatic rings. The van der Waals surface area contributed by atoms with Crippen molar-refractivity contribution in [2.45, 2.75) is 51.6 Å². The number of hydrogen-bond acceptors (Lipinski definition) is 6. The van der Waals surface area contributed by atoms with Crippen LogP contribution in [0.2, 0.25) is 0 Å². The molecule has 0 spiro atoms. The molecule has 0 amide bonds. The SMILES string of the molecule is COC(OC)C(O)CC(=O)CC(=O)OC(C)(C)C. The smallest absolute Gasteiger partial charge is 0.313 e. The molecule has 1 N–H and O–H groups in total. The first kappa shape index (κ1) is 17.0. The zero-order valence-corrected chi connectivity index (χ0v) is 11.6. The van der Waals surface area contributed by atoms with Crippen LogP contribution in [0.25, 0.3) is 0 Å². The molecule has 0 aromatic carbocycles. The van der Waals surface area contributed by atoms with Crippen molar-refractivity contribution in [2.24, 2.45) is 0 Å². The van der Waals surface area contributed by atoms with Crippen molar-refractivity contribution in [1.82, 2.24) is 0 Å². The zero-order valence-electron chi connectivity index (χ0n) is 11.6. The van der Waals surface area contributed by atoms with E-state index in [2.05, 4.69) is 0 Å². The third-order valence-electron chi connectivity index (χ3n) is 1.98. The van der Waals surface area contributed by atoms with E-state index >= 15 is 0 Å². The summed E-state index contributed by atoms with van der Waals surface area (Å²) in [7, 11) is 2.71. The average Bonchev–Trinajstić information content (AvgIpc) is 2.15. The van der Waals surface area contributed by atoms with E-state index in [9.17, 15) is 14.7 Å². The van der Waals surface area contributed by atoms with E-state index in [4.69, 9.17) is 14.2 Å². The minimum absolute atomic E-state index is 0.217. The van der Waals surface area contributed by atoms with Crippen molar-refractivity contribution in [1.29, 1.82) is 0 Å². The Morgan fingerprint density at radius 1 is 1.17 bits per heavy atom. The van der Waals surface area contributed by atoms with Gasteiger partial charge in [-0.15, -0.1) is 0 Å². The maximum Gasteiger partial charge on any atom is 0.313 e. The van der Waals surface area contributed by atoms with Gasteiger partial charge in [0.1, 0.15) is 23.9 Å². The summed E-state index contributed by atoms with van der Waals surface area (Å²) >= 11 is 0. The Morgan fingerprint density at radius 2 is 1.67 bits per heavy atom.